The summed E-state index contributed by atoms with van der Waals surface area (Å²) in [7, 11) is 0. The predicted molar refractivity (Wildman–Crippen MR) is 78.1 cm³/mol. The number of hydrogen-bond acceptors (Lipinski definition) is 3. The van der Waals surface area contributed by atoms with E-state index in [1.807, 2.05) is 60.0 Å². The Kier molecular flexibility index (Phi) is 3.29. The highest BCUT2D eigenvalue weighted by atomic mass is 32.1. The van der Waals surface area contributed by atoms with Gasteiger partial charge in [0.2, 0.25) is 5.78 Å². The summed E-state index contributed by atoms with van der Waals surface area (Å²) < 4.78 is 6.53. The van der Waals surface area contributed by atoms with E-state index >= 15 is 0 Å². The van der Waals surface area contributed by atoms with Gasteiger partial charge in [-0.1, -0.05) is 30.3 Å². The van der Waals surface area contributed by atoms with E-state index in [0.717, 1.165) is 15.6 Å². The Hall–Kier alpha value is -2.13. The number of hydrogen-bond donors (Lipinski definition) is 0. The number of carbonyl (C=O) groups excluding carboxylic acids is 1. The number of benzene rings is 2. The van der Waals surface area contributed by atoms with Crippen molar-refractivity contribution >= 4 is 27.2 Å². The van der Waals surface area contributed by atoms with Crippen molar-refractivity contribution < 1.29 is 9.53 Å². The highest BCUT2D eigenvalue weighted by Gasteiger charge is 2.11. The normalized spacial score (nSPS) is 10.5. The van der Waals surface area contributed by atoms with E-state index in [-0.39, 0.29) is 12.4 Å². The van der Waals surface area contributed by atoms with E-state index in [0.29, 0.717) is 5.75 Å². The molecule has 0 aliphatic rings. The smallest absolute Gasteiger partial charge is 0.201 e. The van der Waals surface area contributed by atoms with Gasteiger partial charge in [-0.25, -0.2) is 0 Å². The van der Waals surface area contributed by atoms with Gasteiger partial charge in [0.25, 0.3) is 0 Å². The average molecular weight is 268 g/mol. The Bertz CT molecular complexity index is 701. The second kappa shape index (κ2) is 5.24. The van der Waals surface area contributed by atoms with Crippen LogP contribution in [0.4, 0.5) is 0 Å². The predicted octanol–water partition coefficient (Wildman–Crippen LogP) is 4.16. The minimum Gasteiger partial charge on any atom is -0.485 e. The summed E-state index contributed by atoms with van der Waals surface area (Å²) in [5, 5.41) is 3.11. The number of ether oxygens (including phenoxy) is 1. The van der Waals surface area contributed by atoms with Gasteiger partial charge in [-0.3, -0.25) is 4.79 Å². The van der Waals surface area contributed by atoms with E-state index in [1.54, 1.807) is 11.3 Å². The lowest BCUT2D eigenvalue weighted by atomic mass is 10.1. The minimum atomic E-state index is 0.0110. The molecule has 3 heteroatoms. The van der Waals surface area contributed by atoms with Crippen molar-refractivity contribution in [3.63, 3.8) is 0 Å². The first-order chi connectivity index (χ1) is 9.34. The van der Waals surface area contributed by atoms with Gasteiger partial charge in [-0.2, -0.15) is 0 Å². The Morgan fingerprint density at radius 2 is 1.84 bits per heavy atom. The van der Waals surface area contributed by atoms with Crippen LogP contribution in [0, 0.1) is 0 Å². The van der Waals surface area contributed by atoms with Gasteiger partial charge in [-0.15, -0.1) is 11.3 Å². The third-order valence-corrected chi connectivity index (χ3v) is 3.86. The summed E-state index contributed by atoms with van der Waals surface area (Å²) in [5.41, 5.74) is 0.739. The largest absolute Gasteiger partial charge is 0.485 e. The molecule has 2 nitrogen and oxygen atoms in total. The van der Waals surface area contributed by atoms with Crippen molar-refractivity contribution in [1.82, 2.24) is 0 Å². The van der Waals surface area contributed by atoms with Gasteiger partial charge in [-0.05, 0) is 35.0 Å². The molecule has 3 aromatic rings. The van der Waals surface area contributed by atoms with Crippen LogP contribution in [0.5, 0.6) is 5.75 Å². The van der Waals surface area contributed by atoms with Crippen molar-refractivity contribution in [3.8, 4) is 5.75 Å². The Morgan fingerprint density at radius 1 is 1.00 bits per heavy atom. The first-order valence-corrected chi connectivity index (χ1v) is 6.90. The summed E-state index contributed by atoms with van der Waals surface area (Å²) in [6.45, 7) is 0.0705. The molecule has 0 fully saturated rings. The third-order valence-electron chi connectivity index (χ3n) is 2.89. The van der Waals surface area contributed by atoms with Crippen molar-refractivity contribution in [2.75, 3.05) is 6.61 Å². The molecule has 0 radical (unpaired) electrons. The highest BCUT2D eigenvalue weighted by molar-refractivity contribution is 7.17. The molecule has 0 saturated carbocycles. The fraction of sp³-hybridized carbons (Fsp3) is 0.0625. The fourth-order valence-electron chi connectivity index (χ4n) is 1.96. The number of Topliss-reactive ketones (excluding diaryl/α,β-unsaturated/α-hetero) is 1. The maximum absolute atomic E-state index is 12.2. The molecule has 0 saturated heterocycles. The molecule has 0 N–H and O–H groups in total. The second-order valence-electron chi connectivity index (χ2n) is 4.17. The van der Waals surface area contributed by atoms with Crippen LogP contribution < -0.4 is 4.74 Å². The first-order valence-electron chi connectivity index (χ1n) is 6.02. The maximum atomic E-state index is 12.2. The molecular formula is C16H12O2S. The molecule has 0 aliphatic carbocycles. The zero-order chi connectivity index (χ0) is 13.1. The zero-order valence-electron chi connectivity index (χ0n) is 10.2. The molecule has 0 bridgehead atoms. The van der Waals surface area contributed by atoms with Gasteiger partial charge >= 0.3 is 0 Å². The number of fused-ring (bicyclic) bond motifs is 1. The van der Waals surface area contributed by atoms with Crippen LogP contribution in [0.1, 0.15) is 10.4 Å². The fourth-order valence-corrected chi connectivity index (χ4v) is 2.89. The molecule has 0 aliphatic heterocycles. The molecule has 94 valence electrons. The van der Waals surface area contributed by atoms with Crippen LogP contribution in [0.15, 0.2) is 60.0 Å². The number of para-hydroxylation sites is 1. The summed E-state index contributed by atoms with van der Waals surface area (Å²) >= 11 is 1.59. The topological polar surface area (TPSA) is 26.3 Å². The summed E-state index contributed by atoms with van der Waals surface area (Å²) in [4.78, 5) is 12.2. The van der Waals surface area contributed by atoms with E-state index in [9.17, 15) is 4.79 Å². The van der Waals surface area contributed by atoms with Crippen molar-refractivity contribution in [3.05, 3.63) is 65.5 Å². The molecule has 1 heterocycles. The first kappa shape index (κ1) is 11.9. The molecule has 0 amide bonds. The van der Waals surface area contributed by atoms with E-state index < -0.39 is 0 Å². The van der Waals surface area contributed by atoms with Crippen molar-refractivity contribution in [1.29, 1.82) is 0 Å². The highest BCUT2D eigenvalue weighted by Crippen LogP contribution is 2.25. The zero-order valence-corrected chi connectivity index (χ0v) is 11.0. The molecule has 0 unspecified atom stereocenters. The number of thiophene rings is 1. The Balaban J connectivity index is 1.79. The van der Waals surface area contributed by atoms with Crippen LogP contribution in [-0.4, -0.2) is 12.4 Å². The average Bonchev–Trinajstić information content (AvgIpc) is 2.94. The van der Waals surface area contributed by atoms with Gasteiger partial charge < -0.3 is 4.74 Å². The third kappa shape index (κ3) is 2.51. The molecule has 2 aromatic carbocycles. The lowest BCUT2D eigenvalue weighted by molar-refractivity contribution is 0.0923. The Labute approximate surface area is 115 Å². The summed E-state index contributed by atoms with van der Waals surface area (Å²) in [5.74, 6) is 0.728. The SMILES string of the molecule is O=C(COc1ccccc1)c1cccc2ccsc12. The van der Waals surface area contributed by atoms with E-state index in [2.05, 4.69) is 0 Å². The molecule has 3 rings (SSSR count). The summed E-state index contributed by atoms with van der Waals surface area (Å²) in [6, 6.07) is 17.2. The molecule has 19 heavy (non-hydrogen) atoms. The van der Waals surface area contributed by atoms with E-state index in [4.69, 9.17) is 4.74 Å². The van der Waals surface area contributed by atoms with Crippen molar-refractivity contribution in [2.45, 2.75) is 0 Å². The minimum absolute atomic E-state index is 0.0110. The van der Waals surface area contributed by atoms with Gasteiger partial charge in [0.1, 0.15) is 5.75 Å². The number of carbonyl (C=O) groups is 1. The monoisotopic (exact) mass is 268 g/mol. The van der Waals surface area contributed by atoms with E-state index in [1.165, 1.54) is 0 Å². The maximum Gasteiger partial charge on any atom is 0.201 e. The summed E-state index contributed by atoms with van der Waals surface area (Å²) in [6.07, 6.45) is 0. The molecular weight excluding hydrogens is 256 g/mol. The number of ketones is 1. The van der Waals surface area contributed by atoms with Crippen LogP contribution in [0.2, 0.25) is 0 Å². The van der Waals surface area contributed by atoms with Crippen LogP contribution in [-0.2, 0) is 0 Å². The molecule has 0 spiro atoms. The van der Waals surface area contributed by atoms with Gasteiger partial charge in [0, 0.05) is 10.3 Å². The standard InChI is InChI=1S/C16H12O2S/c17-15(11-18-13-6-2-1-3-7-13)14-8-4-5-12-9-10-19-16(12)14/h1-10H,11H2. The van der Waals surface area contributed by atoms with Crippen LogP contribution >= 0.6 is 11.3 Å². The quantitative estimate of drug-likeness (QED) is 0.664. The van der Waals surface area contributed by atoms with Crippen LogP contribution in [0.25, 0.3) is 10.1 Å². The van der Waals surface area contributed by atoms with Crippen LogP contribution in [0.3, 0.4) is 0 Å². The lowest BCUT2D eigenvalue weighted by Gasteiger charge is -2.06. The van der Waals surface area contributed by atoms with Gasteiger partial charge in [0.15, 0.2) is 6.61 Å². The Morgan fingerprint density at radius 3 is 2.68 bits per heavy atom. The molecule has 1 aromatic heterocycles. The van der Waals surface area contributed by atoms with Crippen molar-refractivity contribution in [2.24, 2.45) is 0 Å². The second-order valence-corrected chi connectivity index (χ2v) is 5.09. The number of rotatable bonds is 4. The molecule has 0 atom stereocenters. The van der Waals surface area contributed by atoms with Gasteiger partial charge in [0.05, 0.1) is 0 Å². The lowest BCUT2D eigenvalue weighted by Crippen LogP contribution is -2.11.